The van der Waals surface area contributed by atoms with Gasteiger partial charge in [-0.3, -0.25) is 14.9 Å². The second-order valence-electron chi connectivity index (χ2n) is 6.64. The molecule has 0 radical (unpaired) electrons. The molecule has 0 aliphatic heterocycles. The number of benzene rings is 1. The third kappa shape index (κ3) is 3.34. The number of nitro groups is 1. The summed E-state index contributed by atoms with van der Waals surface area (Å²) in [5, 5.41) is 13.8. The second-order valence-corrected chi connectivity index (χ2v) is 6.64. The number of nitro benzene ring substituents is 1. The van der Waals surface area contributed by atoms with Gasteiger partial charge in [0.15, 0.2) is 0 Å². The van der Waals surface area contributed by atoms with E-state index >= 15 is 0 Å². The fourth-order valence-corrected chi connectivity index (χ4v) is 4.07. The van der Waals surface area contributed by atoms with E-state index in [1.165, 1.54) is 0 Å². The van der Waals surface area contributed by atoms with Crippen LogP contribution in [0.15, 0.2) is 18.2 Å². The van der Waals surface area contributed by atoms with Crippen molar-refractivity contribution in [2.75, 3.05) is 0 Å². The molecule has 2 fully saturated rings. The van der Waals surface area contributed by atoms with E-state index in [9.17, 15) is 19.3 Å². The van der Waals surface area contributed by atoms with Gasteiger partial charge in [-0.1, -0.05) is 6.42 Å². The molecule has 2 aliphatic rings. The predicted octanol–water partition coefficient (Wildman–Crippen LogP) is 2.37. The summed E-state index contributed by atoms with van der Waals surface area (Å²) in [6.07, 6.45) is 4.95. The molecule has 1 amide bonds. The van der Waals surface area contributed by atoms with Gasteiger partial charge in [-0.25, -0.2) is 4.39 Å². The van der Waals surface area contributed by atoms with Crippen LogP contribution in [0.1, 0.15) is 42.5 Å². The summed E-state index contributed by atoms with van der Waals surface area (Å²) >= 11 is 0. The van der Waals surface area contributed by atoms with Gasteiger partial charge >= 0.3 is 0 Å². The van der Waals surface area contributed by atoms with Crippen molar-refractivity contribution in [2.24, 2.45) is 17.6 Å². The first-order chi connectivity index (χ1) is 10.9. The molecule has 3 N–H and O–H groups in total. The van der Waals surface area contributed by atoms with Crippen molar-refractivity contribution in [2.45, 2.75) is 44.2 Å². The molecule has 2 atom stereocenters. The lowest BCUT2D eigenvalue weighted by molar-refractivity contribution is -0.385. The van der Waals surface area contributed by atoms with E-state index in [2.05, 4.69) is 5.32 Å². The summed E-state index contributed by atoms with van der Waals surface area (Å²) < 4.78 is 13.5. The number of nitrogens with zero attached hydrogens (tertiary/aromatic N) is 1. The van der Waals surface area contributed by atoms with Crippen LogP contribution in [0.5, 0.6) is 0 Å². The number of rotatable bonds is 3. The molecule has 0 spiro atoms. The van der Waals surface area contributed by atoms with E-state index in [0.29, 0.717) is 11.8 Å². The molecule has 2 unspecified atom stereocenters. The van der Waals surface area contributed by atoms with Gasteiger partial charge in [0.2, 0.25) is 0 Å². The van der Waals surface area contributed by atoms with Crippen molar-refractivity contribution in [3.05, 3.63) is 39.7 Å². The molecule has 0 aromatic heterocycles. The zero-order valence-corrected chi connectivity index (χ0v) is 12.7. The standard InChI is InChI=1S/C16H20FN3O3/c17-12-4-11(7-14(8-12)20(22)23)16(21)19-15-9-2-1-3-10(15)6-13(18)5-9/h4,7-10,13,15H,1-3,5-6,18H2,(H,19,21). The molecule has 2 aliphatic carbocycles. The number of nitrogens with two attached hydrogens (primary N) is 1. The molecule has 7 heteroatoms. The van der Waals surface area contributed by atoms with Gasteiger partial charge < -0.3 is 11.1 Å². The van der Waals surface area contributed by atoms with Crippen LogP contribution in [0.2, 0.25) is 0 Å². The molecule has 23 heavy (non-hydrogen) atoms. The highest BCUT2D eigenvalue weighted by atomic mass is 19.1. The Bertz CT molecular complexity index is 623. The first-order valence-corrected chi connectivity index (χ1v) is 7.95. The number of carbonyl (C=O) groups excluding carboxylic acids is 1. The van der Waals surface area contributed by atoms with E-state index in [-0.39, 0.29) is 17.6 Å². The van der Waals surface area contributed by atoms with Crippen molar-refractivity contribution in [3.63, 3.8) is 0 Å². The van der Waals surface area contributed by atoms with Crippen molar-refractivity contribution >= 4 is 11.6 Å². The molecule has 2 bridgehead atoms. The predicted molar refractivity (Wildman–Crippen MR) is 82.3 cm³/mol. The lowest BCUT2D eigenvalue weighted by atomic mass is 9.67. The topological polar surface area (TPSA) is 98.3 Å². The number of amides is 1. The maximum atomic E-state index is 13.5. The summed E-state index contributed by atoms with van der Waals surface area (Å²) in [5.41, 5.74) is 5.64. The van der Waals surface area contributed by atoms with Crippen LogP contribution in [0.4, 0.5) is 10.1 Å². The van der Waals surface area contributed by atoms with Crippen molar-refractivity contribution < 1.29 is 14.1 Å². The average Bonchev–Trinajstić information content (AvgIpc) is 2.47. The Kier molecular flexibility index (Phi) is 4.30. The van der Waals surface area contributed by atoms with Crippen LogP contribution in [0.25, 0.3) is 0 Å². The van der Waals surface area contributed by atoms with E-state index < -0.39 is 22.3 Å². The molecule has 1 aromatic rings. The first kappa shape index (κ1) is 15.9. The maximum absolute atomic E-state index is 13.5. The lowest BCUT2D eigenvalue weighted by Crippen LogP contribution is -2.53. The summed E-state index contributed by atoms with van der Waals surface area (Å²) in [7, 11) is 0. The molecule has 3 rings (SSSR count). The highest BCUT2D eigenvalue weighted by molar-refractivity contribution is 5.95. The molecule has 1 aromatic carbocycles. The Morgan fingerprint density at radius 1 is 1.26 bits per heavy atom. The third-order valence-corrected chi connectivity index (χ3v) is 5.03. The summed E-state index contributed by atoms with van der Waals surface area (Å²) in [6, 6.07) is 3.16. The van der Waals surface area contributed by atoms with Crippen LogP contribution in [-0.2, 0) is 0 Å². The lowest BCUT2D eigenvalue weighted by Gasteiger charge is -2.45. The molecule has 124 valence electrons. The third-order valence-electron chi connectivity index (χ3n) is 5.03. The number of carbonyl (C=O) groups is 1. The number of hydrogen-bond acceptors (Lipinski definition) is 4. The minimum atomic E-state index is -0.782. The fraction of sp³-hybridized carbons (Fsp3) is 0.562. The largest absolute Gasteiger partial charge is 0.349 e. The zero-order chi connectivity index (χ0) is 16.6. The Labute approximate surface area is 133 Å². The highest BCUT2D eigenvalue weighted by Crippen LogP contribution is 2.39. The van der Waals surface area contributed by atoms with Crippen LogP contribution >= 0.6 is 0 Å². The van der Waals surface area contributed by atoms with Gasteiger partial charge in [0.25, 0.3) is 11.6 Å². The number of nitrogens with one attached hydrogen (secondary N) is 1. The Morgan fingerprint density at radius 3 is 2.52 bits per heavy atom. The summed E-state index contributed by atoms with van der Waals surface area (Å²) in [6.45, 7) is 0. The van der Waals surface area contributed by atoms with Crippen molar-refractivity contribution in [3.8, 4) is 0 Å². The Hall–Kier alpha value is -2.02. The average molecular weight is 321 g/mol. The van der Waals surface area contributed by atoms with Crippen molar-refractivity contribution in [1.82, 2.24) is 5.32 Å². The normalized spacial score (nSPS) is 29.8. The van der Waals surface area contributed by atoms with Crippen LogP contribution in [0, 0.1) is 27.8 Å². The van der Waals surface area contributed by atoms with Gasteiger partial charge in [-0.15, -0.1) is 0 Å². The van der Waals surface area contributed by atoms with Crippen molar-refractivity contribution in [1.29, 1.82) is 0 Å². The van der Waals surface area contributed by atoms with Gasteiger partial charge in [0.05, 0.1) is 11.0 Å². The van der Waals surface area contributed by atoms with Gasteiger partial charge in [0.1, 0.15) is 5.82 Å². The minimum Gasteiger partial charge on any atom is -0.349 e. The maximum Gasteiger partial charge on any atom is 0.273 e. The number of fused-ring (bicyclic) bond motifs is 2. The van der Waals surface area contributed by atoms with Crippen LogP contribution in [0.3, 0.4) is 0 Å². The summed E-state index contributed by atoms with van der Waals surface area (Å²) in [5.74, 6) is -0.560. The van der Waals surface area contributed by atoms with E-state index in [1.807, 2.05) is 0 Å². The van der Waals surface area contributed by atoms with Gasteiger partial charge in [-0.05, 0) is 43.6 Å². The second kappa shape index (κ2) is 6.23. The first-order valence-electron chi connectivity index (χ1n) is 7.95. The zero-order valence-electron chi connectivity index (χ0n) is 12.7. The molecule has 0 saturated heterocycles. The molecule has 2 saturated carbocycles. The van der Waals surface area contributed by atoms with Crippen LogP contribution in [-0.4, -0.2) is 22.9 Å². The molecule has 6 nitrogen and oxygen atoms in total. The number of hydrogen-bond donors (Lipinski definition) is 2. The van der Waals surface area contributed by atoms with E-state index in [1.54, 1.807) is 0 Å². The van der Waals surface area contributed by atoms with Crippen LogP contribution < -0.4 is 11.1 Å². The SMILES string of the molecule is NC1CC2CCCC(C1)C2NC(=O)c1cc(F)cc([N+](=O)[O-])c1. The fourth-order valence-electron chi connectivity index (χ4n) is 4.07. The number of halogens is 1. The van der Waals surface area contributed by atoms with E-state index in [4.69, 9.17) is 5.73 Å². The summed E-state index contributed by atoms with van der Waals surface area (Å²) in [4.78, 5) is 22.5. The molecular weight excluding hydrogens is 301 g/mol. The minimum absolute atomic E-state index is 0.00959. The highest BCUT2D eigenvalue weighted by Gasteiger charge is 2.40. The van der Waals surface area contributed by atoms with Gasteiger partial charge in [0, 0.05) is 23.7 Å². The molecular formula is C16H20FN3O3. The monoisotopic (exact) mass is 321 g/mol. The number of non-ortho nitro benzene ring substituents is 1. The Morgan fingerprint density at radius 2 is 1.91 bits per heavy atom. The molecule has 0 heterocycles. The van der Waals surface area contributed by atoms with E-state index in [0.717, 1.165) is 50.3 Å². The Balaban J connectivity index is 1.78. The quantitative estimate of drug-likeness (QED) is 0.659. The van der Waals surface area contributed by atoms with Gasteiger partial charge in [-0.2, -0.15) is 0 Å². The smallest absolute Gasteiger partial charge is 0.273 e.